The quantitative estimate of drug-likeness (QED) is 0.885. The number of aryl methyl sites for hydroxylation is 1. The summed E-state index contributed by atoms with van der Waals surface area (Å²) in [7, 11) is 1.79. The molecule has 2 aromatic heterocycles. The van der Waals surface area contributed by atoms with Gasteiger partial charge in [0.05, 0.1) is 6.33 Å². The van der Waals surface area contributed by atoms with E-state index in [1.54, 1.807) is 30.7 Å². The first kappa shape index (κ1) is 12.3. The van der Waals surface area contributed by atoms with Crippen molar-refractivity contribution in [3.05, 3.63) is 47.8 Å². The van der Waals surface area contributed by atoms with E-state index in [0.29, 0.717) is 12.2 Å². The van der Waals surface area contributed by atoms with Crippen LogP contribution in [0.2, 0.25) is 0 Å². The van der Waals surface area contributed by atoms with Gasteiger partial charge < -0.3 is 9.88 Å². The molecule has 0 bridgehead atoms. The van der Waals surface area contributed by atoms with Crippen molar-refractivity contribution in [1.29, 1.82) is 0 Å². The van der Waals surface area contributed by atoms with E-state index in [2.05, 4.69) is 15.0 Å². The van der Waals surface area contributed by atoms with Gasteiger partial charge in [0.1, 0.15) is 5.69 Å². The van der Waals surface area contributed by atoms with Crippen molar-refractivity contribution in [2.24, 2.45) is 0 Å². The number of hydrogen-bond acceptors (Lipinski definition) is 3. The Bertz CT molecular complexity index is 521. The van der Waals surface area contributed by atoms with Crippen LogP contribution in [0, 0.1) is 6.92 Å². The minimum atomic E-state index is -0.0530. The Kier molecular flexibility index (Phi) is 3.72. The maximum atomic E-state index is 12.1. The molecule has 0 spiro atoms. The van der Waals surface area contributed by atoms with Gasteiger partial charge in [-0.15, -0.1) is 0 Å². The fourth-order valence-corrected chi connectivity index (χ4v) is 1.70. The van der Waals surface area contributed by atoms with Gasteiger partial charge in [-0.25, -0.2) is 4.98 Å². The minimum Gasteiger partial charge on any atom is -0.348 e. The first-order valence-corrected chi connectivity index (χ1v) is 5.83. The molecule has 5 nitrogen and oxygen atoms in total. The van der Waals surface area contributed by atoms with Gasteiger partial charge in [-0.3, -0.25) is 9.78 Å². The molecule has 0 radical (unpaired) electrons. The zero-order valence-electron chi connectivity index (χ0n) is 10.6. The summed E-state index contributed by atoms with van der Waals surface area (Å²) < 4.78 is 0. The zero-order chi connectivity index (χ0) is 13.0. The van der Waals surface area contributed by atoms with Crippen LogP contribution in [0.1, 0.15) is 21.7 Å². The molecule has 0 aromatic carbocycles. The number of nitrogens with one attached hydrogen (secondary N) is 1. The lowest BCUT2D eigenvalue weighted by Crippen LogP contribution is -2.29. The molecule has 2 aromatic rings. The Balaban J connectivity index is 1.95. The highest BCUT2D eigenvalue weighted by Gasteiger charge is 2.15. The van der Waals surface area contributed by atoms with E-state index in [0.717, 1.165) is 12.1 Å². The number of imidazole rings is 1. The number of pyridine rings is 1. The second-order valence-corrected chi connectivity index (χ2v) is 4.21. The molecule has 18 heavy (non-hydrogen) atoms. The molecule has 0 fully saturated rings. The number of aromatic amines is 1. The molecule has 0 unspecified atom stereocenters. The number of likely N-dealkylation sites (N-methyl/N-ethyl adjacent to an activating group) is 1. The smallest absolute Gasteiger partial charge is 0.274 e. The highest BCUT2D eigenvalue weighted by Crippen LogP contribution is 2.06. The molecule has 0 aliphatic rings. The summed E-state index contributed by atoms with van der Waals surface area (Å²) in [4.78, 5) is 24.7. The summed E-state index contributed by atoms with van der Waals surface area (Å²) in [6.07, 6.45) is 5.87. The topological polar surface area (TPSA) is 61.9 Å². The molecule has 94 valence electrons. The third-order valence-electron chi connectivity index (χ3n) is 2.86. The molecule has 0 aliphatic carbocycles. The van der Waals surface area contributed by atoms with Gasteiger partial charge in [0.15, 0.2) is 0 Å². The largest absolute Gasteiger partial charge is 0.348 e. The molecule has 0 saturated carbocycles. The van der Waals surface area contributed by atoms with Crippen LogP contribution in [0.25, 0.3) is 0 Å². The lowest BCUT2D eigenvalue weighted by atomic mass is 10.2. The molecule has 1 amide bonds. The summed E-state index contributed by atoms with van der Waals surface area (Å²) in [6.45, 7) is 2.51. The van der Waals surface area contributed by atoms with E-state index in [1.807, 2.05) is 19.1 Å². The van der Waals surface area contributed by atoms with Crippen molar-refractivity contribution in [2.45, 2.75) is 13.3 Å². The summed E-state index contributed by atoms with van der Waals surface area (Å²) in [5.74, 6) is -0.0530. The second kappa shape index (κ2) is 5.44. The van der Waals surface area contributed by atoms with E-state index in [4.69, 9.17) is 0 Å². The van der Waals surface area contributed by atoms with Crippen molar-refractivity contribution in [3.63, 3.8) is 0 Å². The fourth-order valence-electron chi connectivity index (χ4n) is 1.70. The lowest BCUT2D eigenvalue weighted by Gasteiger charge is -2.16. The molecule has 2 rings (SSSR count). The third-order valence-corrected chi connectivity index (χ3v) is 2.86. The van der Waals surface area contributed by atoms with Crippen LogP contribution in [0.3, 0.4) is 0 Å². The van der Waals surface area contributed by atoms with Gasteiger partial charge >= 0.3 is 0 Å². The van der Waals surface area contributed by atoms with E-state index < -0.39 is 0 Å². The van der Waals surface area contributed by atoms with E-state index in [1.165, 1.54) is 5.56 Å². The van der Waals surface area contributed by atoms with Crippen LogP contribution in [-0.2, 0) is 6.42 Å². The van der Waals surface area contributed by atoms with Gasteiger partial charge in [0, 0.05) is 31.7 Å². The average molecular weight is 244 g/mol. The van der Waals surface area contributed by atoms with Gasteiger partial charge in [-0.2, -0.15) is 0 Å². The van der Waals surface area contributed by atoms with Crippen LogP contribution in [0.15, 0.2) is 30.9 Å². The average Bonchev–Trinajstić information content (AvgIpc) is 2.82. The minimum absolute atomic E-state index is 0.0530. The fraction of sp³-hybridized carbons (Fsp3) is 0.308. The predicted molar refractivity (Wildman–Crippen MR) is 68.2 cm³/mol. The number of hydrogen-bond donors (Lipinski definition) is 1. The van der Waals surface area contributed by atoms with Gasteiger partial charge in [0.25, 0.3) is 5.91 Å². The summed E-state index contributed by atoms with van der Waals surface area (Å²) in [6, 6.07) is 3.91. The molecule has 5 heteroatoms. The van der Waals surface area contributed by atoms with Crippen LogP contribution in [0.5, 0.6) is 0 Å². The summed E-state index contributed by atoms with van der Waals surface area (Å²) >= 11 is 0. The van der Waals surface area contributed by atoms with Crippen LogP contribution >= 0.6 is 0 Å². The van der Waals surface area contributed by atoms with E-state index >= 15 is 0 Å². The van der Waals surface area contributed by atoms with Crippen molar-refractivity contribution < 1.29 is 4.79 Å². The number of amides is 1. The predicted octanol–water partition coefficient (Wildman–Crippen LogP) is 1.43. The third kappa shape index (κ3) is 2.74. The summed E-state index contributed by atoms with van der Waals surface area (Å²) in [5.41, 5.74) is 2.46. The van der Waals surface area contributed by atoms with Crippen LogP contribution in [-0.4, -0.2) is 39.4 Å². The van der Waals surface area contributed by atoms with E-state index in [9.17, 15) is 4.79 Å². The second-order valence-electron chi connectivity index (χ2n) is 4.21. The Hall–Kier alpha value is -2.17. The molecule has 0 atom stereocenters. The Morgan fingerprint density at radius 3 is 2.72 bits per heavy atom. The summed E-state index contributed by atoms with van der Waals surface area (Å²) in [5, 5.41) is 0. The monoisotopic (exact) mass is 244 g/mol. The Morgan fingerprint density at radius 1 is 1.39 bits per heavy atom. The number of carbonyl (C=O) groups is 1. The van der Waals surface area contributed by atoms with Crippen molar-refractivity contribution >= 4 is 5.91 Å². The number of aromatic nitrogens is 3. The number of carbonyl (C=O) groups excluding carboxylic acids is 1. The molecule has 0 aliphatic heterocycles. The highest BCUT2D eigenvalue weighted by molar-refractivity contribution is 5.93. The van der Waals surface area contributed by atoms with Crippen LogP contribution < -0.4 is 0 Å². The molecule has 1 N–H and O–H groups in total. The van der Waals surface area contributed by atoms with Crippen LogP contribution in [0.4, 0.5) is 0 Å². The van der Waals surface area contributed by atoms with Gasteiger partial charge in [-0.1, -0.05) is 0 Å². The first-order chi connectivity index (χ1) is 8.68. The highest BCUT2D eigenvalue weighted by atomic mass is 16.2. The normalized spacial score (nSPS) is 10.3. The van der Waals surface area contributed by atoms with E-state index in [-0.39, 0.29) is 5.91 Å². The van der Waals surface area contributed by atoms with Crippen molar-refractivity contribution in [2.75, 3.05) is 13.6 Å². The van der Waals surface area contributed by atoms with Gasteiger partial charge in [-0.05, 0) is 31.0 Å². The number of H-pyrrole nitrogens is 1. The molecule has 2 heterocycles. The molecular formula is C13H16N4O. The van der Waals surface area contributed by atoms with Crippen molar-refractivity contribution in [1.82, 2.24) is 19.9 Å². The number of nitrogens with zero attached hydrogens (tertiary/aromatic N) is 3. The zero-order valence-corrected chi connectivity index (χ0v) is 10.6. The standard InChI is InChI=1S/C13H16N4O/c1-10-12(16-9-15-10)13(18)17(2)8-5-11-3-6-14-7-4-11/h3-4,6-7,9H,5,8H2,1-2H3,(H,15,16). The SMILES string of the molecule is Cc1[nH]cnc1C(=O)N(C)CCc1ccncc1. The Labute approximate surface area is 106 Å². The Morgan fingerprint density at radius 2 is 2.11 bits per heavy atom. The molecular weight excluding hydrogens is 228 g/mol. The lowest BCUT2D eigenvalue weighted by molar-refractivity contribution is 0.0790. The number of rotatable bonds is 4. The first-order valence-electron chi connectivity index (χ1n) is 5.83. The van der Waals surface area contributed by atoms with Gasteiger partial charge in [0.2, 0.25) is 0 Å². The maximum absolute atomic E-state index is 12.1. The molecule has 0 saturated heterocycles. The maximum Gasteiger partial charge on any atom is 0.274 e. The van der Waals surface area contributed by atoms with Crippen molar-refractivity contribution in [3.8, 4) is 0 Å².